The van der Waals surface area contributed by atoms with Crippen molar-refractivity contribution in [2.24, 2.45) is 0 Å². The Kier molecular flexibility index (Phi) is 3.99. The molecule has 0 saturated heterocycles. The summed E-state index contributed by atoms with van der Waals surface area (Å²) in [5, 5.41) is 10.3. The number of methoxy groups -OCH3 is 2. The fourth-order valence-electron chi connectivity index (χ4n) is 1.37. The van der Waals surface area contributed by atoms with Gasteiger partial charge < -0.3 is 14.6 Å². The van der Waals surface area contributed by atoms with E-state index >= 15 is 0 Å². The van der Waals surface area contributed by atoms with Crippen molar-refractivity contribution in [2.75, 3.05) is 20.8 Å². The van der Waals surface area contributed by atoms with Crippen molar-refractivity contribution in [2.45, 2.75) is 18.9 Å². The third-order valence-electron chi connectivity index (χ3n) is 2.27. The van der Waals surface area contributed by atoms with Crippen molar-refractivity contribution in [1.82, 2.24) is 9.97 Å². The van der Waals surface area contributed by atoms with Crippen LogP contribution < -0.4 is 4.74 Å². The summed E-state index contributed by atoms with van der Waals surface area (Å²) >= 11 is 0. The summed E-state index contributed by atoms with van der Waals surface area (Å²) in [6, 6.07) is 0. The van der Waals surface area contributed by atoms with Crippen molar-refractivity contribution in [3.63, 3.8) is 0 Å². The lowest BCUT2D eigenvalue weighted by atomic mass is 9.97. The summed E-state index contributed by atoms with van der Waals surface area (Å²) in [5.41, 5.74) is -0.731. The summed E-state index contributed by atoms with van der Waals surface area (Å²) in [6.07, 6.45) is 3.52. The smallest absolute Gasteiger partial charge is 0.238 e. The first-order valence-corrected chi connectivity index (χ1v) is 4.74. The molecule has 1 heterocycles. The monoisotopic (exact) mass is 212 g/mol. The minimum atomic E-state index is -1.14. The van der Waals surface area contributed by atoms with Gasteiger partial charge in [-0.3, -0.25) is 4.98 Å². The zero-order valence-corrected chi connectivity index (χ0v) is 9.23. The lowest BCUT2D eigenvalue weighted by Crippen LogP contribution is -2.32. The molecule has 0 radical (unpaired) electrons. The van der Waals surface area contributed by atoms with Gasteiger partial charge in [0, 0.05) is 19.5 Å². The Balaban J connectivity index is 3.10. The fraction of sp³-hybridized carbons (Fsp3) is 0.600. The standard InChI is InChI=1S/C10H16N2O3/c1-4-10(13,7-14-2)8-9(15-3)12-6-5-11-8/h5-6,13H,4,7H2,1-3H3. The lowest BCUT2D eigenvalue weighted by molar-refractivity contribution is -0.0436. The second-order valence-corrected chi connectivity index (χ2v) is 3.23. The van der Waals surface area contributed by atoms with E-state index in [-0.39, 0.29) is 6.61 Å². The molecule has 5 nitrogen and oxygen atoms in total. The second-order valence-electron chi connectivity index (χ2n) is 3.23. The van der Waals surface area contributed by atoms with Gasteiger partial charge in [0.2, 0.25) is 5.88 Å². The third-order valence-corrected chi connectivity index (χ3v) is 2.27. The van der Waals surface area contributed by atoms with Crippen LogP contribution in [0.25, 0.3) is 0 Å². The zero-order valence-electron chi connectivity index (χ0n) is 9.23. The molecule has 1 aromatic rings. The molecule has 5 heteroatoms. The molecule has 1 aromatic heterocycles. The van der Waals surface area contributed by atoms with Crippen molar-refractivity contribution in [3.8, 4) is 5.88 Å². The predicted octanol–water partition coefficient (Wildman–Crippen LogP) is 0.729. The number of ether oxygens (including phenoxy) is 2. The van der Waals surface area contributed by atoms with Crippen molar-refractivity contribution >= 4 is 0 Å². The highest BCUT2D eigenvalue weighted by Crippen LogP contribution is 2.28. The van der Waals surface area contributed by atoms with Gasteiger partial charge in [-0.15, -0.1) is 0 Å². The molecule has 1 atom stereocenters. The van der Waals surface area contributed by atoms with Gasteiger partial charge in [0.05, 0.1) is 13.7 Å². The average Bonchev–Trinajstić information content (AvgIpc) is 2.29. The van der Waals surface area contributed by atoms with E-state index in [4.69, 9.17) is 9.47 Å². The van der Waals surface area contributed by atoms with Crippen LogP contribution in [0, 0.1) is 0 Å². The Morgan fingerprint density at radius 3 is 2.53 bits per heavy atom. The van der Waals surface area contributed by atoms with E-state index in [0.717, 1.165) is 0 Å². The highest BCUT2D eigenvalue weighted by molar-refractivity contribution is 5.24. The molecule has 0 amide bonds. The molecule has 0 spiro atoms. The molecule has 0 saturated carbocycles. The topological polar surface area (TPSA) is 64.5 Å². The number of aromatic nitrogens is 2. The third kappa shape index (κ3) is 2.43. The lowest BCUT2D eigenvalue weighted by Gasteiger charge is -2.25. The molecule has 15 heavy (non-hydrogen) atoms. The summed E-state index contributed by atoms with van der Waals surface area (Å²) in [6.45, 7) is 2.02. The van der Waals surface area contributed by atoms with E-state index < -0.39 is 5.60 Å². The Labute approximate surface area is 89.1 Å². The van der Waals surface area contributed by atoms with Crippen molar-refractivity contribution in [3.05, 3.63) is 18.1 Å². The van der Waals surface area contributed by atoms with Crippen LogP contribution in [0.15, 0.2) is 12.4 Å². The maximum atomic E-state index is 10.3. The average molecular weight is 212 g/mol. The number of aliphatic hydroxyl groups is 1. The zero-order chi connectivity index (χ0) is 11.3. The van der Waals surface area contributed by atoms with Gasteiger partial charge in [-0.05, 0) is 6.42 Å². The Bertz CT molecular complexity index is 319. The van der Waals surface area contributed by atoms with E-state index in [9.17, 15) is 5.11 Å². The van der Waals surface area contributed by atoms with Crippen LogP contribution in [0.5, 0.6) is 5.88 Å². The van der Waals surface area contributed by atoms with E-state index in [2.05, 4.69) is 9.97 Å². The van der Waals surface area contributed by atoms with E-state index in [0.29, 0.717) is 18.0 Å². The number of hydrogen-bond donors (Lipinski definition) is 1. The van der Waals surface area contributed by atoms with Crippen LogP contribution in [-0.2, 0) is 10.3 Å². The first kappa shape index (κ1) is 11.9. The molecular formula is C10H16N2O3. The van der Waals surface area contributed by atoms with Crippen LogP contribution in [0.3, 0.4) is 0 Å². The Morgan fingerprint density at radius 2 is 2.00 bits per heavy atom. The Hall–Kier alpha value is -1.20. The molecule has 0 aliphatic heterocycles. The SMILES string of the molecule is CCC(O)(COC)c1nccnc1OC. The van der Waals surface area contributed by atoms with Gasteiger partial charge in [0.25, 0.3) is 0 Å². The van der Waals surface area contributed by atoms with E-state index in [1.165, 1.54) is 26.6 Å². The van der Waals surface area contributed by atoms with Crippen LogP contribution in [0.4, 0.5) is 0 Å². The molecular weight excluding hydrogens is 196 g/mol. The number of hydrogen-bond acceptors (Lipinski definition) is 5. The van der Waals surface area contributed by atoms with Crippen LogP contribution in [0.1, 0.15) is 19.0 Å². The normalized spacial score (nSPS) is 14.7. The molecule has 1 N–H and O–H groups in total. The summed E-state index contributed by atoms with van der Waals surface area (Å²) in [4.78, 5) is 8.09. The van der Waals surface area contributed by atoms with Crippen LogP contribution >= 0.6 is 0 Å². The Morgan fingerprint density at radius 1 is 1.33 bits per heavy atom. The first-order valence-electron chi connectivity index (χ1n) is 4.74. The fourth-order valence-corrected chi connectivity index (χ4v) is 1.37. The highest BCUT2D eigenvalue weighted by atomic mass is 16.5. The molecule has 1 unspecified atom stereocenters. The van der Waals surface area contributed by atoms with Gasteiger partial charge in [0.15, 0.2) is 0 Å². The van der Waals surface area contributed by atoms with Gasteiger partial charge >= 0.3 is 0 Å². The van der Waals surface area contributed by atoms with Gasteiger partial charge in [-0.1, -0.05) is 6.92 Å². The summed E-state index contributed by atoms with van der Waals surface area (Å²) in [7, 11) is 3.03. The summed E-state index contributed by atoms with van der Waals surface area (Å²) < 4.78 is 10.0. The number of rotatable bonds is 5. The minimum Gasteiger partial charge on any atom is -0.480 e. The van der Waals surface area contributed by atoms with Gasteiger partial charge in [-0.25, -0.2) is 4.98 Å². The molecule has 1 rings (SSSR count). The van der Waals surface area contributed by atoms with Crippen molar-refractivity contribution in [1.29, 1.82) is 0 Å². The molecule has 0 aliphatic carbocycles. The largest absolute Gasteiger partial charge is 0.480 e. The molecule has 0 aliphatic rings. The van der Waals surface area contributed by atoms with E-state index in [1.54, 1.807) is 0 Å². The molecule has 0 bridgehead atoms. The summed E-state index contributed by atoms with van der Waals surface area (Å²) in [5.74, 6) is 0.332. The quantitative estimate of drug-likeness (QED) is 0.779. The molecule has 0 fully saturated rings. The van der Waals surface area contributed by atoms with Gasteiger partial charge in [0.1, 0.15) is 11.3 Å². The molecule has 0 aromatic carbocycles. The first-order chi connectivity index (χ1) is 7.18. The maximum absolute atomic E-state index is 10.3. The minimum absolute atomic E-state index is 0.165. The molecule has 84 valence electrons. The highest BCUT2D eigenvalue weighted by Gasteiger charge is 2.32. The van der Waals surface area contributed by atoms with Crippen molar-refractivity contribution < 1.29 is 14.6 Å². The van der Waals surface area contributed by atoms with Crippen LogP contribution in [0.2, 0.25) is 0 Å². The van der Waals surface area contributed by atoms with E-state index in [1.807, 2.05) is 6.92 Å². The second kappa shape index (κ2) is 5.04. The van der Waals surface area contributed by atoms with Crippen LogP contribution in [-0.4, -0.2) is 35.9 Å². The number of nitrogens with zero attached hydrogens (tertiary/aromatic N) is 2. The maximum Gasteiger partial charge on any atom is 0.238 e. The predicted molar refractivity (Wildman–Crippen MR) is 54.6 cm³/mol. The van der Waals surface area contributed by atoms with Gasteiger partial charge in [-0.2, -0.15) is 0 Å².